The first kappa shape index (κ1) is 15.6. The van der Waals surface area contributed by atoms with E-state index in [0.717, 1.165) is 11.1 Å². The van der Waals surface area contributed by atoms with Gasteiger partial charge in [0.15, 0.2) is 0 Å². The van der Waals surface area contributed by atoms with E-state index >= 15 is 0 Å². The van der Waals surface area contributed by atoms with Crippen LogP contribution in [0.4, 0.5) is 0 Å². The number of nitrogens with zero attached hydrogens (tertiary/aromatic N) is 1. The molecule has 21 heavy (non-hydrogen) atoms. The lowest BCUT2D eigenvalue weighted by Crippen LogP contribution is -2.36. The monoisotopic (exact) mass is 285 g/mol. The van der Waals surface area contributed by atoms with Crippen LogP contribution in [-0.4, -0.2) is 35.6 Å². The normalized spacial score (nSPS) is 15.0. The summed E-state index contributed by atoms with van der Waals surface area (Å²) in [5.41, 5.74) is 2.49. The molecule has 0 spiro atoms. The van der Waals surface area contributed by atoms with Crippen LogP contribution >= 0.6 is 0 Å². The van der Waals surface area contributed by atoms with Gasteiger partial charge in [0.1, 0.15) is 0 Å². The van der Waals surface area contributed by atoms with Gasteiger partial charge in [0, 0.05) is 25.1 Å². The lowest BCUT2D eigenvalue weighted by molar-refractivity contribution is 0.0727. The number of hydrogen-bond donors (Lipinski definition) is 1. The van der Waals surface area contributed by atoms with Crippen LogP contribution in [0.25, 0.3) is 0 Å². The SMILES string of the molecule is Cc1ccc(C(=O)N(C)C(C)C2CC2)c(C#CCCO)c1. The molecule has 0 aliphatic heterocycles. The highest BCUT2D eigenvalue weighted by molar-refractivity contribution is 5.97. The average Bonchev–Trinajstić information content (AvgIpc) is 3.30. The van der Waals surface area contributed by atoms with Gasteiger partial charge in [-0.3, -0.25) is 4.79 Å². The summed E-state index contributed by atoms with van der Waals surface area (Å²) in [6, 6.07) is 6.02. The number of benzene rings is 1. The second-order valence-electron chi connectivity index (χ2n) is 5.82. The summed E-state index contributed by atoms with van der Waals surface area (Å²) in [6.07, 6.45) is 2.86. The molecule has 2 rings (SSSR count). The molecule has 112 valence electrons. The van der Waals surface area contributed by atoms with Crippen LogP contribution in [0.1, 0.15) is 47.7 Å². The van der Waals surface area contributed by atoms with Crippen LogP contribution in [0.15, 0.2) is 18.2 Å². The highest BCUT2D eigenvalue weighted by Crippen LogP contribution is 2.35. The number of amides is 1. The second kappa shape index (κ2) is 6.78. The standard InChI is InChI=1S/C18H23NO2/c1-13-7-10-17(16(12-13)6-4-5-11-20)18(21)19(3)14(2)15-8-9-15/h7,10,12,14-15,20H,5,8-9,11H2,1-3H3. The largest absolute Gasteiger partial charge is 0.395 e. The molecule has 1 aliphatic carbocycles. The summed E-state index contributed by atoms with van der Waals surface area (Å²) >= 11 is 0. The molecule has 1 N–H and O–H groups in total. The molecule has 1 saturated carbocycles. The van der Waals surface area contributed by atoms with E-state index in [1.54, 1.807) is 0 Å². The molecule has 0 radical (unpaired) electrons. The van der Waals surface area contributed by atoms with Crippen molar-refractivity contribution in [2.24, 2.45) is 5.92 Å². The first-order valence-corrected chi connectivity index (χ1v) is 7.52. The molecule has 0 aromatic heterocycles. The molecular weight excluding hydrogens is 262 g/mol. The average molecular weight is 285 g/mol. The molecule has 1 aromatic carbocycles. The summed E-state index contributed by atoms with van der Waals surface area (Å²) in [6.45, 7) is 4.14. The number of carbonyl (C=O) groups is 1. The van der Waals surface area contributed by atoms with Gasteiger partial charge in [0.05, 0.1) is 12.2 Å². The van der Waals surface area contributed by atoms with Crippen molar-refractivity contribution in [3.63, 3.8) is 0 Å². The Labute approximate surface area is 127 Å². The first-order valence-electron chi connectivity index (χ1n) is 7.52. The van der Waals surface area contributed by atoms with Crippen LogP contribution in [0.5, 0.6) is 0 Å². The molecule has 0 saturated heterocycles. The van der Waals surface area contributed by atoms with E-state index in [4.69, 9.17) is 5.11 Å². The van der Waals surface area contributed by atoms with Crippen LogP contribution < -0.4 is 0 Å². The third-order valence-electron chi connectivity index (χ3n) is 4.10. The fourth-order valence-corrected chi connectivity index (χ4v) is 2.43. The molecular formula is C18H23NO2. The van der Waals surface area contributed by atoms with Gasteiger partial charge < -0.3 is 10.0 Å². The van der Waals surface area contributed by atoms with Gasteiger partial charge in [-0.1, -0.05) is 17.9 Å². The Morgan fingerprint density at radius 2 is 2.19 bits per heavy atom. The molecule has 3 heteroatoms. The van der Waals surface area contributed by atoms with E-state index in [0.29, 0.717) is 17.9 Å². The number of rotatable bonds is 4. The van der Waals surface area contributed by atoms with E-state index in [2.05, 4.69) is 18.8 Å². The minimum absolute atomic E-state index is 0.0303. The topological polar surface area (TPSA) is 40.5 Å². The minimum atomic E-state index is 0.0303. The van der Waals surface area contributed by atoms with E-state index < -0.39 is 0 Å². The van der Waals surface area contributed by atoms with Gasteiger partial charge in [0.25, 0.3) is 5.91 Å². The Bertz CT molecular complexity index is 579. The van der Waals surface area contributed by atoms with Crippen molar-refractivity contribution < 1.29 is 9.90 Å². The summed E-state index contributed by atoms with van der Waals surface area (Å²) < 4.78 is 0. The van der Waals surface area contributed by atoms with Gasteiger partial charge in [-0.2, -0.15) is 0 Å². The van der Waals surface area contributed by atoms with Crippen molar-refractivity contribution in [1.29, 1.82) is 0 Å². The summed E-state index contributed by atoms with van der Waals surface area (Å²) in [5.74, 6) is 6.60. The fraction of sp³-hybridized carbons (Fsp3) is 0.500. The van der Waals surface area contributed by atoms with Gasteiger partial charge in [0.2, 0.25) is 0 Å². The maximum atomic E-state index is 12.7. The third-order valence-corrected chi connectivity index (χ3v) is 4.10. The molecule has 0 heterocycles. The molecule has 1 amide bonds. The van der Waals surface area contributed by atoms with Gasteiger partial charge in [-0.05, 0) is 50.3 Å². The number of hydrogen-bond acceptors (Lipinski definition) is 2. The van der Waals surface area contributed by atoms with Crippen molar-refractivity contribution in [1.82, 2.24) is 4.90 Å². The van der Waals surface area contributed by atoms with Gasteiger partial charge in [-0.25, -0.2) is 0 Å². The quantitative estimate of drug-likeness (QED) is 0.864. The molecule has 1 aromatic rings. The molecule has 1 unspecified atom stereocenters. The summed E-state index contributed by atoms with van der Waals surface area (Å²) in [7, 11) is 1.87. The Morgan fingerprint density at radius 3 is 2.81 bits per heavy atom. The Kier molecular flexibility index (Phi) is 5.03. The van der Waals surface area contributed by atoms with E-state index in [1.165, 1.54) is 12.8 Å². The number of aliphatic hydroxyl groups excluding tert-OH is 1. The minimum Gasteiger partial charge on any atom is -0.395 e. The zero-order chi connectivity index (χ0) is 15.4. The Morgan fingerprint density at radius 1 is 1.48 bits per heavy atom. The molecule has 0 bridgehead atoms. The van der Waals surface area contributed by atoms with Crippen molar-refractivity contribution in [3.8, 4) is 11.8 Å². The maximum Gasteiger partial charge on any atom is 0.255 e. The van der Waals surface area contributed by atoms with Crippen molar-refractivity contribution >= 4 is 5.91 Å². The Balaban J connectivity index is 2.25. The predicted molar refractivity (Wildman–Crippen MR) is 84.0 cm³/mol. The molecule has 1 aliphatic rings. The van der Waals surface area contributed by atoms with Crippen molar-refractivity contribution in [2.45, 2.75) is 39.2 Å². The number of aliphatic hydroxyl groups is 1. The number of aryl methyl sites for hydroxylation is 1. The van der Waals surface area contributed by atoms with E-state index in [-0.39, 0.29) is 18.6 Å². The van der Waals surface area contributed by atoms with E-state index in [1.807, 2.05) is 37.1 Å². The summed E-state index contributed by atoms with van der Waals surface area (Å²) in [4.78, 5) is 14.5. The van der Waals surface area contributed by atoms with Crippen LogP contribution in [-0.2, 0) is 0 Å². The van der Waals surface area contributed by atoms with Crippen molar-refractivity contribution in [3.05, 3.63) is 34.9 Å². The van der Waals surface area contributed by atoms with Crippen LogP contribution in [0.3, 0.4) is 0 Å². The lowest BCUT2D eigenvalue weighted by Gasteiger charge is -2.25. The molecule has 1 atom stereocenters. The highest BCUT2D eigenvalue weighted by atomic mass is 16.2. The Hall–Kier alpha value is -1.79. The third kappa shape index (κ3) is 3.86. The van der Waals surface area contributed by atoms with E-state index in [9.17, 15) is 4.79 Å². The molecule has 1 fully saturated rings. The predicted octanol–water partition coefficient (Wildman–Crippen LogP) is 2.60. The fourth-order valence-electron chi connectivity index (χ4n) is 2.43. The molecule has 3 nitrogen and oxygen atoms in total. The van der Waals surface area contributed by atoms with Crippen LogP contribution in [0.2, 0.25) is 0 Å². The lowest BCUT2D eigenvalue weighted by atomic mass is 10.0. The van der Waals surface area contributed by atoms with Gasteiger partial charge >= 0.3 is 0 Å². The first-order chi connectivity index (χ1) is 10.0. The van der Waals surface area contributed by atoms with Crippen LogP contribution in [0, 0.1) is 24.7 Å². The highest BCUT2D eigenvalue weighted by Gasteiger charge is 2.33. The smallest absolute Gasteiger partial charge is 0.255 e. The van der Waals surface area contributed by atoms with Crippen molar-refractivity contribution in [2.75, 3.05) is 13.7 Å². The number of carbonyl (C=O) groups excluding carboxylic acids is 1. The maximum absolute atomic E-state index is 12.7. The zero-order valence-electron chi connectivity index (χ0n) is 13.0. The van der Waals surface area contributed by atoms with Gasteiger partial charge in [-0.15, -0.1) is 0 Å². The summed E-state index contributed by atoms with van der Waals surface area (Å²) in [5, 5.41) is 8.83. The second-order valence-corrected chi connectivity index (χ2v) is 5.82. The zero-order valence-corrected chi connectivity index (χ0v) is 13.0.